The van der Waals surface area contributed by atoms with Crippen LogP contribution in [-0.4, -0.2) is 16.9 Å². The van der Waals surface area contributed by atoms with Crippen molar-refractivity contribution in [3.8, 4) is 0 Å². The van der Waals surface area contributed by atoms with Gasteiger partial charge in [0.1, 0.15) is 5.82 Å². The topological polar surface area (TPSA) is 83.1 Å². The van der Waals surface area contributed by atoms with Crippen LogP contribution in [0.5, 0.6) is 0 Å². The van der Waals surface area contributed by atoms with E-state index in [2.05, 4.69) is 20.9 Å². The molecule has 3 amide bonds. The number of carbonyl (C=O) groups excluding carboxylic acids is 2. The first-order valence-electron chi connectivity index (χ1n) is 9.12. The number of urea groups is 1. The van der Waals surface area contributed by atoms with Gasteiger partial charge in [0.05, 0.1) is 18.2 Å². The molecule has 0 saturated carbocycles. The minimum Gasteiger partial charge on any atom is -0.331 e. The van der Waals surface area contributed by atoms with Crippen molar-refractivity contribution in [1.82, 2.24) is 10.3 Å². The number of nitrogens with one attached hydrogen (secondary N) is 3. The Balaban J connectivity index is 1.51. The molecule has 3 rings (SSSR count). The van der Waals surface area contributed by atoms with Gasteiger partial charge >= 0.3 is 6.03 Å². The third kappa shape index (κ3) is 5.87. The maximum absolute atomic E-state index is 13.6. The van der Waals surface area contributed by atoms with E-state index in [1.165, 1.54) is 12.1 Å². The summed E-state index contributed by atoms with van der Waals surface area (Å²) < 4.78 is 13.6. The standard InChI is InChI=1S/C22H21FN4O2/c1-15(17-10-12-24-13-11-17)25-22(29)26-18-8-6-16(7-9-18)14-21(28)27-20-5-3-2-4-19(20)23/h2-13,15H,14H2,1H3,(H,27,28)(H2,25,26,29). The van der Waals surface area contributed by atoms with Crippen LogP contribution in [0.4, 0.5) is 20.6 Å². The molecule has 0 aliphatic heterocycles. The van der Waals surface area contributed by atoms with Crippen LogP contribution in [0.3, 0.4) is 0 Å². The number of hydrogen-bond acceptors (Lipinski definition) is 3. The summed E-state index contributed by atoms with van der Waals surface area (Å²) in [5, 5.41) is 8.15. The molecular formula is C22H21FN4O2. The Labute approximate surface area is 168 Å². The fourth-order valence-electron chi connectivity index (χ4n) is 2.75. The van der Waals surface area contributed by atoms with Gasteiger partial charge in [-0.3, -0.25) is 9.78 Å². The lowest BCUT2D eigenvalue weighted by atomic mass is 10.1. The van der Waals surface area contributed by atoms with Gasteiger partial charge in [-0.15, -0.1) is 0 Å². The number of aromatic nitrogens is 1. The first kappa shape index (κ1) is 20.0. The molecule has 0 aliphatic carbocycles. The number of amides is 3. The summed E-state index contributed by atoms with van der Waals surface area (Å²) in [7, 11) is 0. The maximum atomic E-state index is 13.6. The number of benzene rings is 2. The zero-order valence-electron chi connectivity index (χ0n) is 15.9. The van der Waals surface area contributed by atoms with Gasteiger partial charge < -0.3 is 16.0 Å². The Morgan fingerprint density at radius 2 is 1.66 bits per heavy atom. The number of carbonyl (C=O) groups is 2. The van der Waals surface area contributed by atoms with E-state index < -0.39 is 5.82 Å². The van der Waals surface area contributed by atoms with Crippen molar-refractivity contribution in [2.24, 2.45) is 0 Å². The lowest BCUT2D eigenvalue weighted by Crippen LogP contribution is -2.31. The molecule has 1 heterocycles. The second kappa shape index (κ2) is 9.45. The second-order valence-corrected chi connectivity index (χ2v) is 6.50. The first-order chi connectivity index (χ1) is 14.0. The molecule has 1 aromatic heterocycles. The van der Waals surface area contributed by atoms with Crippen LogP contribution < -0.4 is 16.0 Å². The second-order valence-electron chi connectivity index (χ2n) is 6.50. The Morgan fingerprint density at radius 3 is 2.34 bits per heavy atom. The molecule has 3 aromatic rings. The molecular weight excluding hydrogens is 371 g/mol. The van der Waals surface area contributed by atoms with E-state index in [9.17, 15) is 14.0 Å². The fraction of sp³-hybridized carbons (Fsp3) is 0.136. The molecule has 2 aromatic carbocycles. The molecule has 148 valence electrons. The number of rotatable bonds is 6. The Kier molecular flexibility index (Phi) is 6.52. The molecule has 0 bridgehead atoms. The van der Waals surface area contributed by atoms with Crippen molar-refractivity contribution in [3.05, 3.63) is 90.0 Å². The largest absolute Gasteiger partial charge is 0.331 e. The van der Waals surface area contributed by atoms with Crippen LogP contribution in [0.2, 0.25) is 0 Å². The molecule has 0 aliphatic rings. The summed E-state index contributed by atoms with van der Waals surface area (Å²) in [4.78, 5) is 28.2. The SMILES string of the molecule is CC(NC(=O)Nc1ccc(CC(=O)Nc2ccccc2F)cc1)c1ccncc1. The molecule has 0 spiro atoms. The van der Waals surface area contributed by atoms with Gasteiger partial charge in [-0.05, 0) is 54.4 Å². The van der Waals surface area contributed by atoms with Crippen molar-refractivity contribution >= 4 is 23.3 Å². The van der Waals surface area contributed by atoms with Crippen molar-refractivity contribution in [3.63, 3.8) is 0 Å². The zero-order valence-corrected chi connectivity index (χ0v) is 15.9. The molecule has 1 unspecified atom stereocenters. The predicted molar refractivity (Wildman–Crippen MR) is 110 cm³/mol. The van der Waals surface area contributed by atoms with Crippen LogP contribution in [-0.2, 0) is 11.2 Å². The van der Waals surface area contributed by atoms with Gasteiger partial charge in [0.25, 0.3) is 0 Å². The summed E-state index contributed by atoms with van der Waals surface area (Å²) in [6.07, 6.45) is 3.44. The van der Waals surface area contributed by atoms with Crippen LogP contribution in [0, 0.1) is 5.82 Å². The van der Waals surface area contributed by atoms with Gasteiger partial charge in [0.2, 0.25) is 5.91 Å². The summed E-state index contributed by atoms with van der Waals surface area (Å²) in [6.45, 7) is 1.88. The van der Waals surface area contributed by atoms with Gasteiger partial charge in [-0.2, -0.15) is 0 Å². The first-order valence-corrected chi connectivity index (χ1v) is 9.12. The van der Waals surface area contributed by atoms with Gasteiger partial charge in [0.15, 0.2) is 0 Å². The van der Waals surface area contributed by atoms with E-state index in [4.69, 9.17) is 0 Å². The Morgan fingerprint density at radius 1 is 0.966 bits per heavy atom. The molecule has 1 atom stereocenters. The molecule has 6 nitrogen and oxygen atoms in total. The lowest BCUT2D eigenvalue weighted by molar-refractivity contribution is -0.115. The highest BCUT2D eigenvalue weighted by Crippen LogP contribution is 2.15. The highest BCUT2D eigenvalue weighted by Gasteiger charge is 2.10. The van der Waals surface area contributed by atoms with E-state index in [1.807, 2.05) is 19.1 Å². The van der Waals surface area contributed by atoms with Crippen molar-refractivity contribution in [1.29, 1.82) is 0 Å². The summed E-state index contributed by atoms with van der Waals surface area (Å²) >= 11 is 0. The average molecular weight is 392 g/mol. The van der Waals surface area contributed by atoms with Gasteiger partial charge in [-0.25, -0.2) is 9.18 Å². The molecule has 0 fully saturated rings. The smallest absolute Gasteiger partial charge is 0.319 e. The van der Waals surface area contributed by atoms with Gasteiger partial charge in [0, 0.05) is 18.1 Å². The van der Waals surface area contributed by atoms with Crippen LogP contribution in [0.1, 0.15) is 24.1 Å². The minimum atomic E-state index is -0.479. The van der Waals surface area contributed by atoms with E-state index in [1.54, 1.807) is 48.8 Å². The highest BCUT2D eigenvalue weighted by molar-refractivity contribution is 5.92. The number of pyridine rings is 1. The molecule has 7 heteroatoms. The number of hydrogen-bond donors (Lipinski definition) is 3. The summed E-state index contributed by atoms with van der Waals surface area (Å²) in [5.74, 6) is -0.799. The summed E-state index contributed by atoms with van der Waals surface area (Å²) in [6, 6.07) is 16.1. The molecule has 29 heavy (non-hydrogen) atoms. The van der Waals surface area contributed by atoms with E-state index in [0.717, 1.165) is 11.1 Å². The molecule has 0 saturated heterocycles. The van der Waals surface area contributed by atoms with Crippen LogP contribution in [0.15, 0.2) is 73.1 Å². The van der Waals surface area contributed by atoms with Crippen molar-refractivity contribution < 1.29 is 14.0 Å². The van der Waals surface area contributed by atoms with Gasteiger partial charge in [-0.1, -0.05) is 24.3 Å². The molecule has 0 radical (unpaired) electrons. The van der Waals surface area contributed by atoms with Crippen molar-refractivity contribution in [2.75, 3.05) is 10.6 Å². The normalized spacial score (nSPS) is 11.4. The van der Waals surface area contributed by atoms with E-state index in [0.29, 0.717) is 5.69 Å². The van der Waals surface area contributed by atoms with E-state index >= 15 is 0 Å². The van der Waals surface area contributed by atoms with Crippen molar-refractivity contribution in [2.45, 2.75) is 19.4 Å². The lowest BCUT2D eigenvalue weighted by Gasteiger charge is -2.15. The Hall–Kier alpha value is -3.74. The highest BCUT2D eigenvalue weighted by atomic mass is 19.1. The van der Waals surface area contributed by atoms with Crippen LogP contribution >= 0.6 is 0 Å². The number of nitrogens with zero attached hydrogens (tertiary/aromatic N) is 1. The fourth-order valence-corrected chi connectivity index (χ4v) is 2.75. The average Bonchev–Trinajstić information content (AvgIpc) is 2.72. The predicted octanol–water partition coefficient (Wildman–Crippen LogP) is 4.28. The maximum Gasteiger partial charge on any atom is 0.319 e. The Bertz CT molecular complexity index is 978. The quantitative estimate of drug-likeness (QED) is 0.585. The number of anilines is 2. The number of para-hydroxylation sites is 1. The summed E-state index contributed by atoms with van der Waals surface area (Å²) in [5.41, 5.74) is 2.44. The third-order valence-electron chi connectivity index (χ3n) is 4.28. The van der Waals surface area contributed by atoms with E-state index in [-0.39, 0.29) is 30.1 Å². The number of halogens is 1. The monoisotopic (exact) mass is 392 g/mol. The zero-order chi connectivity index (χ0) is 20.6. The third-order valence-corrected chi connectivity index (χ3v) is 4.28. The van der Waals surface area contributed by atoms with Crippen LogP contribution in [0.25, 0.3) is 0 Å². The minimum absolute atomic E-state index is 0.0971. The molecule has 3 N–H and O–H groups in total.